The fourth-order valence-corrected chi connectivity index (χ4v) is 3.90. The van der Waals surface area contributed by atoms with Gasteiger partial charge in [0, 0.05) is 51.7 Å². The van der Waals surface area contributed by atoms with E-state index >= 15 is 0 Å². The number of ether oxygens (including phenoxy) is 2. The molecule has 2 fully saturated rings. The zero-order valence-electron chi connectivity index (χ0n) is 14.8. The van der Waals surface area contributed by atoms with Crippen LogP contribution in [0.15, 0.2) is 0 Å². The van der Waals surface area contributed by atoms with Gasteiger partial charge < -0.3 is 19.3 Å². The van der Waals surface area contributed by atoms with Crippen molar-refractivity contribution >= 4 is 11.8 Å². The summed E-state index contributed by atoms with van der Waals surface area (Å²) in [5.41, 5.74) is -0.0609. The molecule has 2 aliphatic heterocycles. The van der Waals surface area contributed by atoms with Crippen molar-refractivity contribution in [2.45, 2.75) is 26.7 Å². The van der Waals surface area contributed by atoms with Crippen LogP contribution in [-0.4, -0.2) is 75.2 Å². The van der Waals surface area contributed by atoms with Gasteiger partial charge >= 0.3 is 0 Å². The third kappa shape index (κ3) is 3.69. The Morgan fingerprint density at radius 1 is 1.26 bits per heavy atom. The summed E-state index contributed by atoms with van der Waals surface area (Å²) in [6, 6.07) is 0. The summed E-state index contributed by atoms with van der Waals surface area (Å²) >= 11 is 0. The molecule has 0 unspecified atom stereocenters. The lowest BCUT2D eigenvalue weighted by Gasteiger charge is -2.42. The minimum atomic E-state index is -0.0966. The average Bonchev–Trinajstić information content (AvgIpc) is 2.79. The van der Waals surface area contributed by atoms with E-state index in [1.165, 1.54) is 0 Å². The number of nitrogens with zero attached hydrogens (tertiary/aromatic N) is 2. The number of amides is 2. The average molecular weight is 326 g/mol. The quantitative estimate of drug-likeness (QED) is 0.731. The van der Waals surface area contributed by atoms with Crippen molar-refractivity contribution in [1.82, 2.24) is 9.80 Å². The van der Waals surface area contributed by atoms with Crippen LogP contribution in [0.1, 0.15) is 26.7 Å². The maximum Gasteiger partial charge on any atom is 0.228 e. The Balaban J connectivity index is 2.07. The van der Waals surface area contributed by atoms with Gasteiger partial charge in [-0.1, -0.05) is 13.8 Å². The molecule has 1 spiro atoms. The Labute approximate surface area is 139 Å². The number of hydrogen-bond donors (Lipinski definition) is 0. The van der Waals surface area contributed by atoms with Crippen LogP contribution in [0.4, 0.5) is 0 Å². The summed E-state index contributed by atoms with van der Waals surface area (Å²) in [5, 5.41) is 0. The summed E-state index contributed by atoms with van der Waals surface area (Å²) in [6.45, 7) is 7.75. The molecule has 0 N–H and O–H groups in total. The number of carbonyl (C=O) groups excluding carboxylic acids is 2. The number of methoxy groups -OCH3 is 2. The number of hydrogen-bond acceptors (Lipinski definition) is 4. The van der Waals surface area contributed by atoms with Crippen LogP contribution in [0.3, 0.4) is 0 Å². The summed E-state index contributed by atoms with van der Waals surface area (Å²) in [7, 11) is 3.30. The van der Waals surface area contributed by atoms with E-state index < -0.39 is 0 Å². The molecule has 0 saturated carbocycles. The summed E-state index contributed by atoms with van der Waals surface area (Å²) in [5.74, 6) is 0.319. The van der Waals surface area contributed by atoms with Crippen LogP contribution in [-0.2, 0) is 19.1 Å². The van der Waals surface area contributed by atoms with Crippen molar-refractivity contribution in [1.29, 1.82) is 0 Å². The highest BCUT2D eigenvalue weighted by molar-refractivity contribution is 5.83. The van der Waals surface area contributed by atoms with E-state index in [-0.39, 0.29) is 29.1 Å². The van der Waals surface area contributed by atoms with Crippen molar-refractivity contribution in [3.8, 4) is 0 Å². The maximum atomic E-state index is 12.7. The van der Waals surface area contributed by atoms with Gasteiger partial charge in [-0.3, -0.25) is 9.59 Å². The van der Waals surface area contributed by atoms with Crippen molar-refractivity contribution in [2.75, 3.05) is 53.6 Å². The predicted octanol–water partition coefficient (Wildman–Crippen LogP) is 1.00. The van der Waals surface area contributed by atoms with E-state index in [4.69, 9.17) is 9.47 Å². The van der Waals surface area contributed by atoms with Gasteiger partial charge in [0.05, 0.1) is 19.1 Å². The van der Waals surface area contributed by atoms with Gasteiger partial charge in [0.15, 0.2) is 0 Å². The smallest absolute Gasteiger partial charge is 0.228 e. The van der Waals surface area contributed by atoms with Crippen LogP contribution in [0, 0.1) is 17.3 Å². The van der Waals surface area contributed by atoms with Crippen molar-refractivity contribution in [3.05, 3.63) is 0 Å². The molecule has 2 amide bonds. The number of carbonyl (C=O) groups is 2. The fourth-order valence-electron chi connectivity index (χ4n) is 3.90. The molecule has 2 heterocycles. The zero-order chi connectivity index (χ0) is 17.0. The highest BCUT2D eigenvalue weighted by atomic mass is 16.5. The number of piperidine rings is 1. The van der Waals surface area contributed by atoms with Crippen LogP contribution in [0.5, 0.6) is 0 Å². The molecule has 0 aromatic rings. The molecule has 0 aliphatic carbocycles. The Morgan fingerprint density at radius 3 is 2.43 bits per heavy atom. The van der Waals surface area contributed by atoms with Gasteiger partial charge in [0.2, 0.25) is 11.8 Å². The topological polar surface area (TPSA) is 59.1 Å². The summed E-state index contributed by atoms with van der Waals surface area (Å²) in [6.07, 6.45) is 1.74. The lowest BCUT2D eigenvalue weighted by Crippen LogP contribution is -2.48. The first-order valence-corrected chi connectivity index (χ1v) is 8.50. The summed E-state index contributed by atoms with van der Waals surface area (Å²) in [4.78, 5) is 28.8. The molecule has 1 atom stereocenters. The first-order valence-electron chi connectivity index (χ1n) is 8.50. The molecule has 0 aromatic carbocycles. The highest BCUT2D eigenvalue weighted by Gasteiger charge is 2.53. The molecule has 6 nitrogen and oxygen atoms in total. The van der Waals surface area contributed by atoms with Crippen molar-refractivity contribution in [2.24, 2.45) is 17.3 Å². The van der Waals surface area contributed by atoms with Crippen molar-refractivity contribution < 1.29 is 19.1 Å². The standard InChI is InChI=1S/C17H30N2O4/c1-13(2)15(20)18-7-5-17(6-8-18)12-19(9-10-22-3)16(21)14(17)11-23-4/h13-14H,5-12H2,1-4H3/t14-/m1/s1. The Hall–Kier alpha value is -1.14. The van der Waals surface area contributed by atoms with Crippen LogP contribution < -0.4 is 0 Å². The highest BCUT2D eigenvalue weighted by Crippen LogP contribution is 2.45. The maximum absolute atomic E-state index is 12.7. The first kappa shape index (κ1) is 18.2. The molecule has 6 heteroatoms. The summed E-state index contributed by atoms with van der Waals surface area (Å²) < 4.78 is 10.4. The molecule has 23 heavy (non-hydrogen) atoms. The molecular weight excluding hydrogens is 296 g/mol. The normalized spacial score (nSPS) is 24.0. The van der Waals surface area contributed by atoms with Gasteiger partial charge in [0.1, 0.15) is 0 Å². The van der Waals surface area contributed by atoms with E-state index in [0.29, 0.717) is 19.8 Å². The first-order chi connectivity index (χ1) is 10.9. The van der Waals surface area contributed by atoms with E-state index in [1.54, 1.807) is 14.2 Å². The largest absolute Gasteiger partial charge is 0.384 e. The third-order valence-electron chi connectivity index (χ3n) is 5.32. The SMILES string of the molecule is COCCN1CC2(CCN(C(=O)C(C)C)CC2)[C@H](COC)C1=O. The third-order valence-corrected chi connectivity index (χ3v) is 5.32. The second kappa shape index (κ2) is 7.62. The van der Waals surface area contributed by atoms with E-state index in [9.17, 15) is 9.59 Å². The van der Waals surface area contributed by atoms with Gasteiger partial charge in [-0.2, -0.15) is 0 Å². The molecular formula is C17H30N2O4. The van der Waals surface area contributed by atoms with Crippen molar-refractivity contribution in [3.63, 3.8) is 0 Å². The van der Waals surface area contributed by atoms with Gasteiger partial charge in [0.25, 0.3) is 0 Å². The Bertz CT molecular complexity index is 430. The predicted molar refractivity (Wildman–Crippen MR) is 86.9 cm³/mol. The lowest BCUT2D eigenvalue weighted by atomic mass is 9.71. The fraction of sp³-hybridized carbons (Fsp3) is 0.882. The van der Waals surface area contributed by atoms with Gasteiger partial charge in [-0.05, 0) is 12.8 Å². The lowest BCUT2D eigenvalue weighted by molar-refractivity contribution is -0.138. The van der Waals surface area contributed by atoms with Crippen LogP contribution in [0.25, 0.3) is 0 Å². The van der Waals surface area contributed by atoms with E-state index in [0.717, 1.165) is 32.5 Å². The second-order valence-corrected chi connectivity index (χ2v) is 7.10. The van der Waals surface area contributed by atoms with Gasteiger partial charge in [-0.15, -0.1) is 0 Å². The molecule has 0 bridgehead atoms. The molecule has 2 saturated heterocycles. The Morgan fingerprint density at radius 2 is 1.91 bits per heavy atom. The molecule has 132 valence electrons. The monoisotopic (exact) mass is 326 g/mol. The molecule has 0 aromatic heterocycles. The second-order valence-electron chi connectivity index (χ2n) is 7.10. The van der Waals surface area contributed by atoms with E-state index in [2.05, 4.69) is 0 Å². The molecule has 0 radical (unpaired) electrons. The number of likely N-dealkylation sites (tertiary alicyclic amines) is 2. The van der Waals surface area contributed by atoms with E-state index in [1.807, 2.05) is 23.6 Å². The van der Waals surface area contributed by atoms with Crippen LogP contribution in [0.2, 0.25) is 0 Å². The Kier molecular flexibility index (Phi) is 6.03. The van der Waals surface area contributed by atoms with Crippen LogP contribution >= 0.6 is 0 Å². The minimum Gasteiger partial charge on any atom is -0.384 e. The molecule has 2 aliphatic rings. The number of rotatable bonds is 6. The molecule has 2 rings (SSSR count). The van der Waals surface area contributed by atoms with Gasteiger partial charge in [-0.25, -0.2) is 0 Å². The minimum absolute atomic E-state index is 0.0298. The zero-order valence-corrected chi connectivity index (χ0v) is 14.8.